The van der Waals surface area contributed by atoms with E-state index in [1.165, 1.54) is 11.5 Å². The van der Waals surface area contributed by atoms with Gasteiger partial charge in [0.1, 0.15) is 4.08 Å². The van der Waals surface area contributed by atoms with Gasteiger partial charge in [-0.3, -0.25) is 0 Å². The number of thioether (sulfide) groups is 2. The van der Waals surface area contributed by atoms with Crippen LogP contribution >= 0.6 is 23.5 Å². The van der Waals surface area contributed by atoms with Crippen LogP contribution in [-0.4, -0.2) is 15.6 Å². The van der Waals surface area contributed by atoms with Gasteiger partial charge >= 0.3 is 0 Å². The van der Waals surface area contributed by atoms with E-state index in [2.05, 4.69) is 30.9 Å². The Morgan fingerprint density at radius 1 is 1.14 bits per heavy atom. The SMILES string of the molecule is CC1(C#Cc2ccccc2)SCCS1. The zero-order chi connectivity index (χ0) is 9.86. The second-order valence-corrected chi connectivity index (χ2v) is 6.54. The van der Waals surface area contributed by atoms with Gasteiger partial charge in [0.05, 0.1) is 0 Å². The predicted molar refractivity (Wildman–Crippen MR) is 66.6 cm³/mol. The molecule has 72 valence electrons. The van der Waals surface area contributed by atoms with Crippen LogP contribution in [0.1, 0.15) is 12.5 Å². The molecule has 0 radical (unpaired) electrons. The molecular weight excluding hydrogens is 208 g/mol. The van der Waals surface area contributed by atoms with E-state index in [0.29, 0.717) is 0 Å². The Balaban J connectivity index is 2.14. The fraction of sp³-hybridized carbons (Fsp3) is 0.333. The molecule has 0 unspecified atom stereocenters. The zero-order valence-electron chi connectivity index (χ0n) is 8.12. The highest BCUT2D eigenvalue weighted by Gasteiger charge is 2.27. The fourth-order valence-corrected chi connectivity index (χ4v) is 3.82. The molecule has 1 saturated heterocycles. The second-order valence-electron chi connectivity index (χ2n) is 3.26. The molecule has 0 amide bonds. The van der Waals surface area contributed by atoms with Crippen molar-refractivity contribution in [2.24, 2.45) is 0 Å². The lowest BCUT2D eigenvalue weighted by Crippen LogP contribution is -2.06. The van der Waals surface area contributed by atoms with Crippen LogP contribution in [0.5, 0.6) is 0 Å². The van der Waals surface area contributed by atoms with E-state index in [4.69, 9.17) is 0 Å². The highest BCUT2D eigenvalue weighted by Crippen LogP contribution is 2.42. The fourth-order valence-electron chi connectivity index (χ4n) is 1.29. The van der Waals surface area contributed by atoms with Crippen molar-refractivity contribution in [3.05, 3.63) is 35.9 Å². The Kier molecular flexibility index (Phi) is 3.10. The van der Waals surface area contributed by atoms with Gasteiger partial charge in [0.2, 0.25) is 0 Å². The van der Waals surface area contributed by atoms with Crippen molar-refractivity contribution in [1.82, 2.24) is 0 Å². The molecule has 1 aliphatic rings. The maximum absolute atomic E-state index is 3.35. The standard InChI is InChI=1S/C12H12S2/c1-12(13-9-10-14-12)8-7-11-5-3-2-4-6-11/h2-6H,9-10H2,1H3. The molecule has 2 heteroatoms. The van der Waals surface area contributed by atoms with E-state index in [1.54, 1.807) is 0 Å². The number of rotatable bonds is 0. The molecule has 1 aromatic carbocycles. The van der Waals surface area contributed by atoms with Gasteiger partial charge in [-0.05, 0) is 19.1 Å². The largest absolute Gasteiger partial charge is 0.131 e. The minimum Gasteiger partial charge on any atom is -0.131 e. The first-order valence-corrected chi connectivity index (χ1v) is 6.62. The van der Waals surface area contributed by atoms with Crippen LogP contribution in [0.4, 0.5) is 0 Å². The quantitative estimate of drug-likeness (QED) is 0.616. The maximum Gasteiger partial charge on any atom is 0.119 e. The molecule has 1 heterocycles. The number of hydrogen-bond acceptors (Lipinski definition) is 2. The summed E-state index contributed by atoms with van der Waals surface area (Å²) in [5, 5.41) is 0. The lowest BCUT2D eigenvalue weighted by Gasteiger charge is -2.12. The summed E-state index contributed by atoms with van der Waals surface area (Å²) in [6, 6.07) is 10.2. The third-order valence-corrected chi connectivity index (χ3v) is 5.13. The summed E-state index contributed by atoms with van der Waals surface area (Å²) in [6.45, 7) is 2.21. The van der Waals surface area contributed by atoms with Gasteiger partial charge in [0.15, 0.2) is 0 Å². The van der Waals surface area contributed by atoms with Crippen molar-refractivity contribution in [2.75, 3.05) is 11.5 Å². The third-order valence-electron chi connectivity index (χ3n) is 2.05. The average Bonchev–Trinajstić information content (AvgIpc) is 2.65. The molecule has 14 heavy (non-hydrogen) atoms. The van der Waals surface area contributed by atoms with Crippen LogP contribution in [0.15, 0.2) is 30.3 Å². The van der Waals surface area contributed by atoms with E-state index >= 15 is 0 Å². The summed E-state index contributed by atoms with van der Waals surface area (Å²) in [4.78, 5) is 0. The van der Waals surface area contributed by atoms with Crippen molar-refractivity contribution < 1.29 is 0 Å². The number of hydrogen-bond donors (Lipinski definition) is 0. The van der Waals surface area contributed by atoms with Crippen molar-refractivity contribution >= 4 is 23.5 Å². The first-order valence-electron chi connectivity index (χ1n) is 4.65. The van der Waals surface area contributed by atoms with Crippen LogP contribution in [0, 0.1) is 11.8 Å². The summed E-state index contributed by atoms with van der Waals surface area (Å²) in [6.07, 6.45) is 0. The summed E-state index contributed by atoms with van der Waals surface area (Å²) in [7, 11) is 0. The Morgan fingerprint density at radius 2 is 1.79 bits per heavy atom. The van der Waals surface area contributed by atoms with Crippen LogP contribution in [0.25, 0.3) is 0 Å². The van der Waals surface area contributed by atoms with Crippen LogP contribution in [0.2, 0.25) is 0 Å². The monoisotopic (exact) mass is 220 g/mol. The van der Waals surface area contributed by atoms with Crippen LogP contribution in [-0.2, 0) is 0 Å². The first kappa shape index (κ1) is 10.0. The predicted octanol–water partition coefficient (Wildman–Crippen LogP) is 3.23. The van der Waals surface area contributed by atoms with Crippen molar-refractivity contribution in [2.45, 2.75) is 11.0 Å². The van der Waals surface area contributed by atoms with Gasteiger partial charge in [0.25, 0.3) is 0 Å². The summed E-state index contributed by atoms with van der Waals surface area (Å²) in [5.41, 5.74) is 1.11. The smallest absolute Gasteiger partial charge is 0.119 e. The molecule has 2 rings (SSSR count). The lowest BCUT2D eigenvalue weighted by molar-refractivity contribution is 1.22. The Morgan fingerprint density at radius 3 is 2.43 bits per heavy atom. The molecule has 0 N–H and O–H groups in total. The van der Waals surface area contributed by atoms with E-state index in [0.717, 1.165) is 5.56 Å². The molecule has 0 atom stereocenters. The normalized spacial score (nSPS) is 18.6. The van der Waals surface area contributed by atoms with E-state index < -0.39 is 0 Å². The Hall–Kier alpha value is -0.520. The average molecular weight is 220 g/mol. The topological polar surface area (TPSA) is 0 Å². The molecule has 1 fully saturated rings. The van der Waals surface area contributed by atoms with E-state index in [-0.39, 0.29) is 4.08 Å². The molecule has 0 aromatic heterocycles. The summed E-state index contributed by atoms with van der Waals surface area (Å²) < 4.78 is 0.121. The van der Waals surface area contributed by atoms with E-state index in [1.807, 2.05) is 41.7 Å². The third kappa shape index (κ3) is 2.50. The summed E-state index contributed by atoms with van der Waals surface area (Å²) in [5.74, 6) is 9.04. The molecule has 0 nitrogen and oxygen atoms in total. The molecule has 0 bridgehead atoms. The van der Waals surface area contributed by atoms with Crippen molar-refractivity contribution in [3.63, 3.8) is 0 Å². The molecule has 0 aliphatic carbocycles. The van der Waals surface area contributed by atoms with Gasteiger partial charge in [-0.15, -0.1) is 23.5 Å². The molecular formula is C12H12S2. The lowest BCUT2D eigenvalue weighted by atomic mass is 10.2. The molecule has 0 saturated carbocycles. The van der Waals surface area contributed by atoms with Gasteiger partial charge in [0, 0.05) is 17.1 Å². The minimum absolute atomic E-state index is 0.121. The molecule has 1 aromatic rings. The highest BCUT2D eigenvalue weighted by atomic mass is 32.2. The zero-order valence-corrected chi connectivity index (χ0v) is 9.75. The Labute approximate surface area is 93.9 Å². The van der Waals surface area contributed by atoms with E-state index in [9.17, 15) is 0 Å². The number of benzene rings is 1. The molecule has 0 spiro atoms. The minimum atomic E-state index is 0.121. The van der Waals surface area contributed by atoms with Gasteiger partial charge < -0.3 is 0 Å². The molecule has 1 aliphatic heterocycles. The Bertz CT molecular complexity index is 353. The van der Waals surface area contributed by atoms with Crippen LogP contribution in [0.3, 0.4) is 0 Å². The maximum atomic E-state index is 3.35. The van der Waals surface area contributed by atoms with Gasteiger partial charge in [-0.2, -0.15) is 0 Å². The highest BCUT2D eigenvalue weighted by molar-refractivity contribution is 8.21. The van der Waals surface area contributed by atoms with Gasteiger partial charge in [-0.25, -0.2) is 0 Å². The second kappa shape index (κ2) is 4.33. The van der Waals surface area contributed by atoms with Gasteiger partial charge in [-0.1, -0.05) is 30.0 Å². The van der Waals surface area contributed by atoms with Crippen molar-refractivity contribution in [3.8, 4) is 11.8 Å². The van der Waals surface area contributed by atoms with Crippen molar-refractivity contribution in [1.29, 1.82) is 0 Å². The first-order chi connectivity index (χ1) is 6.79. The summed E-state index contributed by atoms with van der Waals surface area (Å²) >= 11 is 3.91. The van der Waals surface area contributed by atoms with Crippen LogP contribution < -0.4 is 0 Å².